The largest absolute Gasteiger partial charge is 0.379 e. The lowest BCUT2D eigenvalue weighted by Gasteiger charge is -2.35. The predicted octanol–water partition coefficient (Wildman–Crippen LogP) is 2.46. The van der Waals surface area contributed by atoms with E-state index in [2.05, 4.69) is 30.1 Å². The van der Waals surface area contributed by atoms with Gasteiger partial charge in [-0.1, -0.05) is 13.8 Å². The first kappa shape index (κ1) is 16.4. The Hall–Kier alpha value is -0.930. The van der Waals surface area contributed by atoms with E-state index in [0.717, 1.165) is 44.3 Å². The third-order valence-corrected chi connectivity index (χ3v) is 4.75. The van der Waals surface area contributed by atoms with Gasteiger partial charge < -0.3 is 10.1 Å². The van der Waals surface area contributed by atoms with Crippen LogP contribution in [0.15, 0.2) is 12.1 Å². The minimum Gasteiger partial charge on any atom is -0.379 e. The Bertz CT molecular complexity index is 460. The van der Waals surface area contributed by atoms with E-state index in [1.165, 1.54) is 11.3 Å². The molecule has 1 aromatic rings. The van der Waals surface area contributed by atoms with E-state index < -0.39 is 0 Å². The standard InChI is InChI=1S/C16H25N3OS/c1-13(2)9-14(19-5-7-20-8-6-19)11-18-12-16-4-3-15(10-17)21-16/h3-4,13-14,18H,5-9,11-12H2,1-2H3. The molecule has 1 aliphatic rings. The maximum Gasteiger partial charge on any atom is 0.110 e. The van der Waals surface area contributed by atoms with Gasteiger partial charge in [-0.15, -0.1) is 11.3 Å². The monoisotopic (exact) mass is 307 g/mol. The Morgan fingerprint density at radius 3 is 2.76 bits per heavy atom. The number of ether oxygens (including phenoxy) is 1. The van der Waals surface area contributed by atoms with Gasteiger partial charge in [0.05, 0.1) is 13.2 Å². The average molecular weight is 307 g/mol. The van der Waals surface area contributed by atoms with Gasteiger partial charge in [0.25, 0.3) is 0 Å². The van der Waals surface area contributed by atoms with Gasteiger partial charge in [0, 0.05) is 37.1 Å². The van der Waals surface area contributed by atoms with Crippen molar-refractivity contribution in [2.45, 2.75) is 32.9 Å². The topological polar surface area (TPSA) is 48.3 Å². The summed E-state index contributed by atoms with van der Waals surface area (Å²) in [7, 11) is 0. The molecular weight excluding hydrogens is 282 g/mol. The summed E-state index contributed by atoms with van der Waals surface area (Å²) in [6.07, 6.45) is 1.21. The summed E-state index contributed by atoms with van der Waals surface area (Å²) in [5.41, 5.74) is 0. The maximum atomic E-state index is 8.86. The summed E-state index contributed by atoms with van der Waals surface area (Å²) in [5.74, 6) is 0.701. The zero-order valence-corrected chi connectivity index (χ0v) is 13.8. The van der Waals surface area contributed by atoms with Crippen molar-refractivity contribution in [3.05, 3.63) is 21.9 Å². The van der Waals surface area contributed by atoms with Crippen LogP contribution in [-0.2, 0) is 11.3 Å². The maximum absolute atomic E-state index is 8.86. The van der Waals surface area contributed by atoms with E-state index in [9.17, 15) is 0 Å². The van der Waals surface area contributed by atoms with Crippen LogP contribution in [-0.4, -0.2) is 43.8 Å². The van der Waals surface area contributed by atoms with Gasteiger partial charge in [-0.3, -0.25) is 4.90 Å². The third kappa shape index (κ3) is 5.40. The minimum atomic E-state index is 0.573. The molecule has 1 atom stereocenters. The quantitative estimate of drug-likeness (QED) is 0.840. The smallest absolute Gasteiger partial charge is 0.110 e. The molecule has 5 heteroatoms. The fourth-order valence-electron chi connectivity index (χ4n) is 2.74. The van der Waals surface area contributed by atoms with Crippen molar-refractivity contribution < 1.29 is 4.74 Å². The molecule has 1 fully saturated rings. The van der Waals surface area contributed by atoms with Gasteiger partial charge in [-0.05, 0) is 24.5 Å². The highest BCUT2D eigenvalue weighted by Gasteiger charge is 2.21. The van der Waals surface area contributed by atoms with Crippen molar-refractivity contribution in [2.24, 2.45) is 5.92 Å². The molecule has 4 nitrogen and oxygen atoms in total. The van der Waals surface area contributed by atoms with Gasteiger partial charge in [0.15, 0.2) is 0 Å². The number of hydrogen-bond donors (Lipinski definition) is 1. The highest BCUT2D eigenvalue weighted by molar-refractivity contribution is 7.12. The first-order valence-electron chi connectivity index (χ1n) is 7.70. The van der Waals surface area contributed by atoms with E-state index >= 15 is 0 Å². The number of nitrogens with one attached hydrogen (secondary N) is 1. The van der Waals surface area contributed by atoms with Crippen LogP contribution in [0.1, 0.15) is 30.0 Å². The number of rotatable bonds is 7. The molecule has 2 rings (SSSR count). The van der Waals surface area contributed by atoms with Crippen LogP contribution >= 0.6 is 11.3 Å². The molecule has 0 spiro atoms. The van der Waals surface area contributed by atoms with Crippen molar-refractivity contribution >= 4 is 11.3 Å². The summed E-state index contributed by atoms with van der Waals surface area (Å²) in [6.45, 7) is 10.2. The fraction of sp³-hybridized carbons (Fsp3) is 0.688. The highest BCUT2D eigenvalue weighted by Crippen LogP contribution is 2.16. The van der Waals surface area contributed by atoms with Crippen molar-refractivity contribution in [2.75, 3.05) is 32.8 Å². The van der Waals surface area contributed by atoms with Crippen LogP contribution in [0.3, 0.4) is 0 Å². The van der Waals surface area contributed by atoms with Crippen molar-refractivity contribution in [1.29, 1.82) is 5.26 Å². The lowest BCUT2D eigenvalue weighted by Crippen LogP contribution is -2.48. The normalized spacial score (nSPS) is 17.8. The third-order valence-electron chi connectivity index (χ3n) is 3.76. The SMILES string of the molecule is CC(C)CC(CNCc1ccc(C#N)s1)N1CCOCC1. The number of thiophene rings is 1. The van der Waals surface area contributed by atoms with Crippen LogP contribution in [0.2, 0.25) is 0 Å². The van der Waals surface area contributed by atoms with Crippen LogP contribution < -0.4 is 5.32 Å². The molecule has 0 aliphatic carbocycles. The fourth-order valence-corrected chi connectivity index (χ4v) is 3.52. The lowest BCUT2D eigenvalue weighted by atomic mass is 10.0. The molecule has 21 heavy (non-hydrogen) atoms. The molecular formula is C16H25N3OS. The second-order valence-corrected chi connectivity index (χ2v) is 7.11. The van der Waals surface area contributed by atoms with Gasteiger partial charge >= 0.3 is 0 Å². The Labute approximate surface area is 131 Å². The van der Waals surface area contributed by atoms with Crippen molar-refractivity contribution in [3.8, 4) is 6.07 Å². The second kappa shape index (κ2) is 8.50. The summed E-state index contributed by atoms with van der Waals surface area (Å²) in [6, 6.07) is 6.71. The Morgan fingerprint density at radius 2 is 2.14 bits per heavy atom. The number of nitriles is 1. The van der Waals surface area contributed by atoms with Gasteiger partial charge in [0.2, 0.25) is 0 Å². The highest BCUT2D eigenvalue weighted by atomic mass is 32.1. The molecule has 116 valence electrons. The molecule has 0 saturated carbocycles. The Balaban J connectivity index is 1.81. The van der Waals surface area contributed by atoms with Crippen molar-refractivity contribution in [1.82, 2.24) is 10.2 Å². The van der Waals surface area contributed by atoms with Crippen LogP contribution in [0.25, 0.3) is 0 Å². The Morgan fingerprint density at radius 1 is 1.38 bits per heavy atom. The lowest BCUT2D eigenvalue weighted by molar-refractivity contribution is 0.0123. The van der Waals surface area contributed by atoms with Crippen LogP contribution in [0, 0.1) is 17.2 Å². The molecule has 1 unspecified atom stereocenters. The number of morpholine rings is 1. The van der Waals surface area contributed by atoms with Gasteiger partial charge in [-0.25, -0.2) is 0 Å². The summed E-state index contributed by atoms with van der Waals surface area (Å²) in [4.78, 5) is 4.57. The van der Waals surface area contributed by atoms with E-state index in [4.69, 9.17) is 10.00 Å². The van der Waals surface area contributed by atoms with Gasteiger partial charge in [-0.2, -0.15) is 5.26 Å². The summed E-state index contributed by atoms with van der Waals surface area (Å²) >= 11 is 1.58. The van der Waals surface area contributed by atoms with Crippen LogP contribution in [0.5, 0.6) is 0 Å². The first-order valence-corrected chi connectivity index (χ1v) is 8.52. The zero-order chi connectivity index (χ0) is 15.1. The molecule has 1 aromatic heterocycles. The second-order valence-electron chi connectivity index (χ2n) is 5.94. The van der Waals surface area contributed by atoms with E-state index in [0.29, 0.717) is 12.0 Å². The summed E-state index contributed by atoms with van der Waals surface area (Å²) < 4.78 is 5.45. The molecule has 1 aliphatic heterocycles. The molecule has 0 amide bonds. The number of hydrogen-bond acceptors (Lipinski definition) is 5. The predicted molar refractivity (Wildman–Crippen MR) is 86.4 cm³/mol. The Kier molecular flexibility index (Phi) is 6.65. The van der Waals surface area contributed by atoms with Gasteiger partial charge in [0.1, 0.15) is 10.9 Å². The average Bonchev–Trinajstić information content (AvgIpc) is 2.95. The summed E-state index contributed by atoms with van der Waals surface area (Å²) in [5, 5.41) is 12.4. The zero-order valence-electron chi connectivity index (χ0n) is 13.0. The van der Waals surface area contributed by atoms with E-state index in [1.54, 1.807) is 11.3 Å². The molecule has 0 bridgehead atoms. The first-order chi connectivity index (χ1) is 10.2. The molecule has 0 aromatic carbocycles. The minimum absolute atomic E-state index is 0.573. The molecule has 2 heterocycles. The van der Waals surface area contributed by atoms with Crippen molar-refractivity contribution in [3.63, 3.8) is 0 Å². The molecule has 0 radical (unpaired) electrons. The number of nitrogens with zero attached hydrogens (tertiary/aromatic N) is 2. The van der Waals surface area contributed by atoms with E-state index in [-0.39, 0.29) is 0 Å². The van der Waals surface area contributed by atoms with Crippen LogP contribution in [0.4, 0.5) is 0 Å². The molecule has 1 saturated heterocycles. The van der Waals surface area contributed by atoms with E-state index in [1.807, 2.05) is 12.1 Å². The molecule has 1 N–H and O–H groups in total.